The minimum atomic E-state index is -1.02. The molecule has 9 heteroatoms. The lowest BCUT2D eigenvalue weighted by Gasteiger charge is -2.24. The summed E-state index contributed by atoms with van der Waals surface area (Å²) in [6.07, 6.45) is 2.26. The van der Waals surface area contributed by atoms with Crippen LogP contribution in [-0.2, 0) is 35.1 Å². The predicted octanol–water partition coefficient (Wildman–Crippen LogP) is 4.90. The lowest BCUT2D eigenvalue weighted by atomic mass is 9.98. The lowest BCUT2D eigenvalue weighted by molar-refractivity contribution is -0.169. The summed E-state index contributed by atoms with van der Waals surface area (Å²) in [4.78, 5) is 49.3. The topological polar surface area (TPSA) is 131 Å². The van der Waals surface area contributed by atoms with Crippen molar-refractivity contribution in [2.45, 2.75) is 112 Å². The Morgan fingerprint density at radius 3 is 1.76 bits per heavy atom. The van der Waals surface area contributed by atoms with Gasteiger partial charge in [-0.25, -0.2) is 0 Å². The van der Waals surface area contributed by atoms with E-state index in [-0.39, 0.29) is 48.6 Å². The third-order valence-corrected chi connectivity index (χ3v) is 6.32. The van der Waals surface area contributed by atoms with Crippen molar-refractivity contribution < 1.29 is 38.1 Å². The minimum absolute atomic E-state index is 0.0909. The number of esters is 4. The largest absolute Gasteiger partial charge is 0.459 e. The maximum Gasteiger partial charge on any atom is 0.323 e. The van der Waals surface area contributed by atoms with E-state index in [1.165, 1.54) is 6.07 Å². The smallest absolute Gasteiger partial charge is 0.323 e. The summed E-state index contributed by atoms with van der Waals surface area (Å²) in [6, 6.07) is 3.71. The second-order valence-electron chi connectivity index (χ2n) is 10.1. The van der Waals surface area contributed by atoms with Crippen molar-refractivity contribution in [2.24, 2.45) is 17.6 Å². The third kappa shape index (κ3) is 11.6. The molecule has 0 spiro atoms. The number of hydrogen-bond acceptors (Lipinski definition) is 9. The molecule has 1 aromatic carbocycles. The van der Waals surface area contributed by atoms with Gasteiger partial charge < -0.3 is 24.7 Å². The molecule has 214 valence electrons. The van der Waals surface area contributed by atoms with Crippen LogP contribution in [0.1, 0.15) is 92.6 Å². The molecule has 9 nitrogen and oxygen atoms in total. The van der Waals surface area contributed by atoms with Gasteiger partial charge in [-0.1, -0.05) is 53.5 Å². The molecule has 0 aliphatic heterocycles. The highest BCUT2D eigenvalue weighted by Gasteiger charge is 2.27. The minimum Gasteiger partial charge on any atom is -0.459 e. The molecule has 38 heavy (non-hydrogen) atoms. The fraction of sp³-hybridized carbons (Fsp3) is 0.655. The molecule has 2 unspecified atom stereocenters. The molecule has 0 heterocycles. The molecule has 0 fully saturated rings. The number of ether oxygens (including phenoxy) is 4. The van der Waals surface area contributed by atoms with E-state index in [4.69, 9.17) is 24.7 Å². The summed E-state index contributed by atoms with van der Waals surface area (Å²) in [5.74, 6) is -1.78. The first kappa shape index (κ1) is 33.1. The Labute approximate surface area is 226 Å². The van der Waals surface area contributed by atoms with Gasteiger partial charge in [0.25, 0.3) is 0 Å². The second-order valence-corrected chi connectivity index (χ2v) is 10.1. The Morgan fingerprint density at radius 1 is 0.763 bits per heavy atom. The van der Waals surface area contributed by atoms with Crippen LogP contribution in [0.25, 0.3) is 0 Å². The standard InChI is InChI=1S/C29H45NO8/c1-8-10-12-26(31)37-24-15-14-22(17-25(24)38-27(32)13-11-9-2)16-23(30)29(34)36-21(7)20(6)35-28(33)19(5)18(3)4/h14-15,17-21,23H,8-13,16,30H2,1-7H3/t19?,20?,21-,23-/m0/s1. The third-order valence-electron chi connectivity index (χ3n) is 6.32. The van der Waals surface area contributed by atoms with Gasteiger partial charge in [-0.15, -0.1) is 0 Å². The predicted molar refractivity (Wildman–Crippen MR) is 144 cm³/mol. The molecule has 1 rings (SSSR count). The van der Waals surface area contributed by atoms with E-state index in [1.54, 1.807) is 32.9 Å². The first-order valence-electron chi connectivity index (χ1n) is 13.6. The van der Waals surface area contributed by atoms with Crippen molar-refractivity contribution in [2.75, 3.05) is 0 Å². The summed E-state index contributed by atoms with van der Waals surface area (Å²) >= 11 is 0. The van der Waals surface area contributed by atoms with Crippen molar-refractivity contribution in [3.05, 3.63) is 23.8 Å². The summed E-state index contributed by atoms with van der Waals surface area (Å²) in [7, 11) is 0. The Kier molecular flexibility index (Phi) is 14.6. The van der Waals surface area contributed by atoms with Gasteiger partial charge in [0, 0.05) is 12.8 Å². The van der Waals surface area contributed by atoms with Crippen LogP contribution in [0.4, 0.5) is 0 Å². The molecule has 0 saturated heterocycles. The van der Waals surface area contributed by atoms with Crippen LogP contribution < -0.4 is 15.2 Å². The van der Waals surface area contributed by atoms with E-state index >= 15 is 0 Å². The summed E-state index contributed by atoms with van der Waals surface area (Å²) in [5.41, 5.74) is 6.70. The van der Waals surface area contributed by atoms with Crippen LogP contribution in [-0.4, -0.2) is 42.1 Å². The quantitative estimate of drug-likeness (QED) is 0.232. The van der Waals surface area contributed by atoms with E-state index in [9.17, 15) is 19.2 Å². The van der Waals surface area contributed by atoms with Gasteiger partial charge in [0.05, 0.1) is 5.92 Å². The van der Waals surface area contributed by atoms with Crippen LogP contribution in [0.15, 0.2) is 18.2 Å². The zero-order valence-electron chi connectivity index (χ0n) is 23.9. The van der Waals surface area contributed by atoms with Crippen molar-refractivity contribution in [1.29, 1.82) is 0 Å². The van der Waals surface area contributed by atoms with Crippen molar-refractivity contribution >= 4 is 23.9 Å². The van der Waals surface area contributed by atoms with Gasteiger partial charge in [-0.3, -0.25) is 19.2 Å². The lowest BCUT2D eigenvalue weighted by Crippen LogP contribution is -2.40. The first-order chi connectivity index (χ1) is 17.9. The monoisotopic (exact) mass is 535 g/mol. The zero-order chi connectivity index (χ0) is 28.8. The van der Waals surface area contributed by atoms with Gasteiger partial charge in [0.1, 0.15) is 18.2 Å². The number of carbonyl (C=O) groups excluding carboxylic acids is 4. The van der Waals surface area contributed by atoms with Crippen LogP contribution in [0.2, 0.25) is 0 Å². The van der Waals surface area contributed by atoms with E-state index in [0.717, 1.165) is 12.8 Å². The molecule has 0 aromatic heterocycles. The average Bonchev–Trinajstić information content (AvgIpc) is 2.86. The van der Waals surface area contributed by atoms with Crippen LogP contribution >= 0.6 is 0 Å². The Balaban J connectivity index is 2.89. The highest BCUT2D eigenvalue weighted by Crippen LogP contribution is 2.30. The van der Waals surface area contributed by atoms with Crippen LogP contribution in [0.3, 0.4) is 0 Å². The molecule has 0 aliphatic rings. The van der Waals surface area contributed by atoms with Gasteiger partial charge in [-0.05, 0) is 56.7 Å². The Bertz CT molecular complexity index is 929. The van der Waals surface area contributed by atoms with Crippen LogP contribution in [0.5, 0.6) is 11.5 Å². The maximum atomic E-state index is 12.6. The van der Waals surface area contributed by atoms with Crippen molar-refractivity contribution in [3.8, 4) is 11.5 Å². The van der Waals surface area contributed by atoms with E-state index < -0.39 is 36.2 Å². The molecule has 0 aliphatic carbocycles. The maximum absolute atomic E-state index is 12.6. The molecule has 0 amide bonds. The number of benzene rings is 1. The number of hydrogen-bond donors (Lipinski definition) is 1. The molecular formula is C29H45NO8. The highest BCUT2D eigenvalue weighted by molar-refractivity contribution is 5.77. The molecule has 0 saturated carbocycles. The van der Waals surface area contributed by atoms with Crippen LogP contribution in [0, 0.1) is 11.8 Å². The normalized spacial score (nSPS) is 14.2. The van der Waals surface area contributed by atoms with E-state index in [1.807, 2.05) is 27.7 Å². The van der Waals surface area contributed by atoms with Crippen molar-refractivity contribution in [1.82, 2.24) is 0 Å². The zero-order valence-corrected chi connectivity index (χ0v) is 23.9. The summed E-state index contributed by atoms with van der Waals surface area (Å²) in [5, 5.41) is 0. The fourth-order valence-corrected chi connectivity index (χ4v) is 3.20. The average molecular weight is 536 g/mol. The van der Waals surface area contributed by atoms with Crippen molar-refractivity contribution in [3.63, 3.8) is 0 Å². The van der Waals surface area contributed by atoms with E-state index in [0.29, 0.717) is 18.4 Å². The number of carbonyl (C=O) groups is 4. The van der Waals surface area contributed by atoms with Gasteiger partial charge in [-0.2, -0.15) is 0 Å². The first-order valence-corrected chi connectivity index (χ1v) is 13.6. The molecule has 1 aromatic rings. The van der Waals surface area contributed by atoms with Gasteiger partial charge in [0.15, 0.2) is 11.5 Å². The molecule has 4 atom stereocenters. The molecule has 0 radical (unpaired) electrons. The van der Waals surface area contributed by atoms with Gasteiger partial charge >= 0.3 is 23.9 Å². The van der Waals surface area contributed by atoms with Gasteiger partial charge in [0.2, 0.25) is 0 Å². The highest BCUT2D eigenvalue weighted by atomic mass is 16.6. The molecule has 0 bridgehead atoms. The number of rotatable bonds is 16. The summed E-state index contributed by atoms with van der Waals surface area (Å²) < 4.78 is 21.8. The summed E-state index contributed by atoms with van der Waals surface area (Å²) in [6.45, 7) is 12.9. The molecular weight excluding hydrogens is 490 g/mol. The fourth-order valence-electron chi connectivity index (χ4n) is 3.20. The SMILES string of the molecule is CCCCC(=O)Oc1ccc(C[C@H](N)C(=O)O[C@@H](C)C(C)OC(=O)C(C)C(C)C)cc1OC(=O)CCCC. The second kappa shape index (κ2) is 16.8. The van der Waals surface area contributed by atoms with E-state index in [2.05, 4.69) is 0 Å². The number of unbranched alkanes of at least 4 members (excludes halogenated alkanes) is 2. The molecule has 2 N–H and O–H groups in total. The Morgan fingerprint density at radius 2 is 1.26 bits per heavy atom. The Hall–Kier alpha value is -2.94. The number of nitrogens with two attached hydrogens (primary N) is 1.